The van der Waals surface area contributed by atoms with Crippen LogP contribution in [0.4, 0.5) is 5.69 Å². The maximum Gasteiger partial charge on any atom is 0.308 e. The second-order valence-corrected chi connectivity index (χ2v) is 9.69. The Bertz CT molecular complexity index is 1500. The van der Waals surface area contributed by atoms with E-state index in [1.54, 1.807) is 36.4 Å². The molecule has 2 fully saturated rings. The van der Waals surface area contributed by atoms with Crippen molar-refractivity contribution in [3.8, 4) is 5.75 Å². The van der Waals surface area contributed by atoms with Crippen LogP contribution in [0.3, 0.4) is 0 Å². The highest BCUT2D eigenvalue weighted by molar-refractivity contribution is 6.36. The quantitative estimate of drug-likeness (QED) is 0.219. The summed E-state index contributed by atoms with van der Waals surface area (Å²) >= 11 is 6.39. The van der Waals surface area contributed by atoms with Gasteiger partial charge in [0.2, 0.25) is 11.8 Å². The van der Waals surface area contributed by atoms with Gasteiger partial charge in [-0.2, -0.15) is 0 Å². The van der Waals surface area contributed by atoms with Gasteiger partial charge in [0.25, 0.3) is 0 Å². The minimum atomic E-state index is -0.900. The van der Waals surface area contributed by atoms with Gasteiger partial charge in [-0.1, -0.05) is 48.0 Å². The second kappa shape index (κ2) is 8.71. The maximum absolute atomic E-state index is 14.0. The van der Waals surface area contributed by atoms with E-state index >= 15 is 0 Å². The van der Waals surface area contributed by atoms with Gasteiger partial charge in [0.15, 0.2) is 5.78 Å². The molecule has 7 nitrogen and oxygen atoms in total. The summed E-state index contributed by atoms with van der Waals surface area (Å²) in [4.78, 5) is 56.0. The number of para-hydroxylation sites is 1. The van der Waals surface area contributed by atoms with Crippen molar-refractivity contribution in [3.05, 3.63) is 101 Å². The molecule has 6 rings (SSSR count). The van der Waals surface area contributed by atoms with Crippen LogP contribution in [-0.2, 0) is 14.4 Å². The Balaban J connectivity index is 1.45. The fraction of sp³-hybridized carbons (Fsp3) is 0.172. The molecule has 3 aliphatic heterocycles. The lowest BCUT2D eigenvalue weighted by Gasteiger charge is -2.35. The molecule has 3 heterocycles. The SMILES string of the molecule is CC(=O)Oc1ccc(C(=O)[C@@H]2[C@H]3C(=O)N(c4ccccc4Cl)C(=O)[C@H]3[C@@H]3c4ccccc4C=CN23)cc1. The van der Waals surface area contributed by atoms with Crippen molar-refractivity contribution in [2.24, 2.45) is 11.8 Å². The number of rotatable bonds is 4. The van der Waals surface area contributed by atoms with Crippen LogP contribution >= 0.6 is 11.6 Å². The zero-order chi connectivity index (χ0) is 25.8. The van der Waals surface area contributed by atoms with E-state index in [9.17, 15) is 19.2 Å². The van der Waals surface area contributed by atoms with Crippen molar-refractivity contribution in [2.75, 3.05) is 4.90 Å². The molecule has 8 heteroatoms. The first kappa shape index (κ1) is 23.2. The standard InChI is InChI=1S/C29H21ClN2O5/c1-16(33)37-19-12-10-18(11-13-19)27(34)26-24-23(25-20-7-3-2-6-17(20)14-15-31(25)26)28(35)32(29(24)36)22-9-5-4-8-21(22)30/h2-15,23-26H,1H3/t23-,24+,25+,26+/m1/s1. The Morgan fingerprint density at radius 3 is 2.27 bits per heavy atom. The third-order valence-corrected chi connectivity index (χ3v) is 7.54. The van der Waals surface area contributed by atoms with Crippen LogP contribution in [0.15, 0.2) is 79.0 Å². The van der Waals surface area contributed by atoms with Crippen molar-refractivity contribution in [1.29, 1.82) is 0 Å². The first-order valence-electron chi connectivity index (χ1n) is 11.9. The highest BCUT2D eigenvalue weighted by atomic mass is 35.5. The lowest BCUT2D eigenvalue weighted by Crippen LogP contribution is -2.44. The topological polar surface area (TPSA) is 84.0 Å². The number of imide groups is 1. The lowest BCUT2D eigenvalue weighted by molar-refractivity contribution is -0.132. The third kappa shape index (κ3) is 3.57. The summed E-state index contributed by atoms with van der Waals surface area (Å²) in [5, 5.41) is 0.286. The van der Waals surface area contributed by atoms with E-state index in [1.165, 1.54) is 19.1 Å². The van der Waals surface area contributed by atoms with E-state index in [0.717, 1.165) is 16.0 Å². The number of ether oxygens (including phenoxy) is 1. The summed E-state index contributed by atoms with van der Waals surface area (Å²) in [6, 6.07) is 19.2. The molecular formula is C29H21ClN2O5. The minimum absolute atomic E-state index is 0.286. The number of carbonyl (C=O) groups excluding carboxylic acids is 4. The number of Topliss-reactive ketones (excluding diaryl/α,β-unsaturated/α-hetero) is 1. The minimum Gasteiger partial charge on any atom is -0.427 e. The van der Waals surface area contributed by atoms with Gasteiger partial charge in [0.05, 0.1) is 28.6 Å². The number of nitrogens with zero attached hydrogens (tertiary/aromatic N) is 2. The molecule has 4 atom stereocenters. The molecule has 2 amide bonds. The zero-order valence-electron chi connectivity index (χ0n) is 19.7. The molecule has 0 spiro atoms. The molecule has 3 aliphatic rings. The average Bonchev–Trinajstić information content (AvgIpc) is 3.37. The highest BCUT2D eigenvalue weighted by Crippen LogP contribution is 2.54. The summed E-state index contributed by atoms with van der Waals surface area (Å²) < 4.78 is 5.08. The molecule has 3 aromatic rings. The van der Waals surface area contributed by atoms with Gasteiger partial charge in [0, 0.05) is 18.7 Å². The molecule has 184 valence electrons. The van der Waals surface area contributed by atoms with Gasteiger partial charge in [-0.3, -0.25) is 19.2 Å². The monoisotopic (exact) mass is 512 g/mol. The Morgan fingerprint density at radius 2 is 1.54 bits per heavy atom. The van der Waals surface area contributed by atoms with Crippen molar-refractivity contribution < 1.29 is 23.9 Å². The molecule has 0 aromatic heterocycles. The average molecular weight is 513 g/mol. The molecule has 37 heavy (non-hydrogen) atoms. The van der Waals surface area contributed by atoms with Crippen LogP contribution in [-0.4, -0.2) is 34.5 Å². The van der Waals surface area contributed by atoms with E-state index in [4.69, 9.17) is 16.3 Å². The largest absolute Gasteiger partial charge is 0.427 e. The normalized spacial score (nSPS) is 23.5. The van der Waals surface area contributed by atoms with Crippen LogP contribution in [0, 0.1) is 11.8 Å². The summed E-state index contributed by atoms with van der Waals surface area (Å²) in [6.45, 7) is 1.30. The number of carbonyl (C=O) groups is 4. The number of ketones is 1. The number of benzene rings is 3. The number of anilines is 1. The van der Waals surface area contributed by atoms with Crippen molar-refractivity contribution in [2.45, 2.75) is 19.0 Å². The number of halogens is 1. The molecule has 0 saturated carbocycles. The zero-order valence-corrected chi connectivity index (χ0v) is 20.5. The molecule has 0 radical (unpaired) electrons. The Hall–Kier alpha value is -4.23. The molecule has 3 aromatic carbocycles. The van der Waals surface area contributed by atoms with Gasteiger partial charge in [-0.25, -0.2) is 4.90 Å². The van der Waals surface area contributed by atoms with E-state index in [1.807, 2.05) is 41.4 Å². The van der Waals surface area contributed by atoms with Crippen LogP contribution < -0.4 is 9.64 Å². The summed E-state index contributed by atoms with van der Waals surface area (Å²) in [6.07, 6.45) is 3.71. The van der Waals surface area contributed by atoms with E-state index < -0.39 is 35.8 Å². The van der Waals surface area contributed by atoms with Crippen LogP contribution in [0.1, 0.15) is 34.5 Å². The fourth-order valence-corrected chi connectivity index (χ4v) is 5.97. The van der Waals surface area contributed by atoms with E-state index in [0.29, 0.717) is 17.0 Å². The predicted molar refractivity (Wildman–Crippen MR) is 137 cm³/mol. The molecule has 0 unspecified atom stereocenters. The number of hydrogen-bond donors (Lipinski definition) is 0. The molecular weight excluding hydrogens is 492 g/mol. The summed E-state index contributed by atoms with van der Waals surface area (Å²) in [5.74, 6) is -2.92. The first-order valence-corrected chi connectivity index (χ1v) is 12.2. The summed E-state index contributed by atoms with van der Waals surface area (Å²) in [5.41, 5.74) is 2.50. The Morgan fingerprint density at radius 1 is 0.865 bits per heavy atom. The smallest absolute Gasteiger partial charge is 0.308 e. The van der Waals surface area contributed by atoms with Gasteiger partial charge in [-0.15, -0.1) is 0 Å². The molecule has 0 bridgehead atoms. The van der Waals surface area contributed by atoms with Crippen LogP contribution in [0.25, 0.3) is 6.08 Å². The fourth-order valence-electron chi connectivity index (χ4n) is 5.75. The number of amides is 2. The van der Waals surface area contributed by atoms with Crippen molar-refractivity contribution in [3.63, 3.8) is 0 Å². The van der Waals surface area contributed by atoms with E-state index in [-0.39, 0.29) is 16.7 Å². The molecule has 2 saturated heterocycles. The van der Waals surface area contributed by atoms with Gasteiger partial charge in [-0.05, 0) is 53.6 Å². The number of fused-ring (bicyclic) bond motifs is 5. The Labute approximate surface area is 217 Å². The van der Waals surface area contributed by atoms with Gasteiger partial charge >= 0.3 is 5.97 Å². The maximum atomic E-state index is 14.0. The molecule has 0 N–H and O–H groups in total. The Kier molecular flexibility index (Phi) is 5.46. The molecule has 0 aliphatic carbocycles. The van der Waals surface area contributed by atoms with Crippen molar-refractivity contribution in [1.82, 2.24) is 4.90 Å². The lowest BCUT2D eigenvalue weighted by atomic mass is 9.83. The first-order chi connectivity index (χ1) is 17.9. The highest BCUT2D eigenvalue weighted by Gasteiger charge is 2.64. The van der Waals surface area contributed by atoms with Crippen LogP contribution in [0.2, 0.25) is 5.02 Å². The van der Waals surface area contributed by atoms with Crippen LogP contribution in [0.5, 0.6) is 5.75 Å². The predicted octanol–water partition coefficient (Wildman–Crippen LogP) is 4.66. The number of hydrogen-bond acceptors (Lipinski definition) is 6. The van der Waals surface area contributed by atoms with Crippen molar-refractivity contribution >= 4 is 46.9 Å². The number of esters is 1. The van der Waals surface area contributed by atoms with Gasteiger partial charge in [0.1, 0.15) is 11.8 Å². The second-order valence-electron chi connectivity index (χ2n) is 9.28. The van der Waals surface area contributed by atoms with E-state index in [2.05, 4.69) is 0 Å². The third-order valence-electron chi connectivity index (χ3n) is 7.22. The van der Waals surface area contributed by atoms with Gasteiger partial charge < -0.3 is 9.64 Å². The summed E-state index contributed by atoms with van der Waals surface area (Å²) in [7, 11) is 0.